The van der Waals surface area contributed by atoms with Crippen molar-refractivity contribution in [1.29, 1.82) is 0 Å². The Morgan fingerprint density at radius 2 is 2.10 bits per heavy atom. The summed E-state index contributed by atoms with van der Waals surface area (Å²) in [6, 6.07) is 0. The second kappa shape index (κ2) is 9.67. The Morgan fingerprint density at radius 1 is 1.30 bits per heavy atom. The molecular weight excluding hydrogens is 268 g/mol. The van der Waals surface area contributed by atoms with Gasteiger partial charge in [-0.1, -0.05) is 33.1 Å². The second-order valence-corrected chi connectivity index (χ2v) is 7.18. The quantitative estimate of drug-likeness (QED) is 0.576. The fourth-order valence-corrected chi connectivity index (χ4v) is 4.31. The first-order valence-electron chi connectivity index (χ1n) is 8.30. The highest BCUT2D eigenvalue weighted by molar-refractivity contribution is 7.99. The summed E-state index contributed by atoms with van der Waals surface area (Å²) >= 11 is 2.04. The Morgan fingerprint density at radius 3 is 2.75 bits per heavy atom. The predicted molar refractivity (Wildman–Crippen MR) is 89.0 cm³/mol. The molecule has 4 heteroatoms. The fraction of sp³-hybridized carbons (Fsp3) is 0.938. The topological polar surface area (TPSA) is 55.1 Å². The third-order valence-electron chi connectivity index (χ3n) is 4.45. The van der Waals surface area contributed by atoms with Crippen LogP contribution in [0.4, 0.5) is 0 Å². The van der Waals surface area contributed by atoms with E-state index < -0.39 is 5.54 Å². The molecule has 0 aromatic rings. The van der Waals surface area contributed by atoms with Crippen LogP contribution in [0.3, 0.4) is 0 Å². The summed E-state index contributed by atoms with van der Waals surface area (Å²) in [7, 11) is 0. The smallest absolute Gasteiger partial charge is 0.238 e. The zero-order chi connectivity index (χ0) is 14.8. The Balaban J connectivity index is 2.39. The van der Waals surface area contributed by atoms with Gasteiger partial charge in [-0.05, 0) is 56.1 Å². The number of hydrogen-bond donors (Lipinski definition) is 2. The van der Waals surface area contributed by atoms with Crippen molar-refractivity contribution in [2.45, 2.75) is 70.8 Å². The van der Waals surface area contributed by atoms with Crippen LogP contribution in [-0.4, -0.2) is 29.5 Å². The third-order valence-corrected chi connectivity index (χ3v) is 5.56. The van der Waals surface area contributed by atoms with Crippen molar-refractivity contribution in [2.24, 2.45) is 11.7 Å². The first-order chi connectivity index (χ1) is 9.67. The van der Waals surface area contributed by atoms with E-state index in [9.17, 15) is 4.79 Å². The molecule has 20 heavy (non-hydrogen) atoms. The van der Waals surface area contributed by atoms with Crippen molar-refractivity contribution in [2.75, 3.05) is 18.1 Å². The van der Waals surface area contributed by atoms with Crippen molar-refractivity contribution >= 4 is 17.7 Å². The normalized spacial score (nSPS) is 26.0. The molecule has 1 aliphatic rings. The number of primary amides is 1. The van der Waals surface area contributed by atoms with E-state index in [2.05, 4.69) is 19.2 Å². The number of nitrogens with two attached hydrogens (primary N) is 1. The highest BCUT2D eigenvalue weighted by Gasteiger charge is 2.46. The van der Waals surface area contributed by atoms with E-state index >= 15 is 0 Å². The molecule has 3 nitrogen and oxygen atoms in total. The lowest BCUT2D eigenvalue weighted by Gasteiger charge is -2.33. The van der Waals surface area contributed by atoms with Gasteiger partial charge in [-0.2, -0.15) is 11.8 Å². The van der Waals surface area contributed by atoms with Gasteiger partial charge >= 0.3 is 0 Å². The zero-order valence-electron chi connectivity index (χ0n) is 13.2. The minimum Gasteiger partial charge on any atom is -0.368 e. The molecular formula is C16H32N2OS. The molecule has 3 N–H and O–H groups in total. The molecule has 0 bridgehead atoms. The van der Waals surface area contributed by atoms with E-state index in [4.69, 9.17) is 5.73 Å². The highest BCUT2D eigenvalue weighted by atomic mass is 32.2. The fourth-order valence-electron chi connectivity index (χ4n) is 3.24. The van der Waals surface area contributed by atoms with Crippen LogP contribution in [0.1, 0.15) is 65.2 Å². The summed E-state index contributed by atoms with van der Waals surface area (Å²) in [5, 5.41) is 3.47. The average Bonchev–Trinajstić information content (AvgIpc) is 2.84. The Bertz CT molecular complexity index is 286. The molecule has 1 fully saturated rings. The maximum atomic E-state index is 12.0. The number of unbranched alkanes of at least 4 members (excludes halogenated alkanes) is 2. The van der Waals surface area contributed by atoms with E-state index in [1.807, 2.05) is 11.8 Å². The molecule has 1 aliphatic carbocycles. The van der Waals surface area contributed by atoms with Crippen LogP contribution < -0.4 is 11.1 Å². The summed E-state index contributed by atoms with van der Waals surface area (Å²) < 4.78 is 0. The molecule has 118 valence electrons. The van der Waals surface area contributed by atoms with Crippen LogP contribution in [0.25, 0.3) is 0 Å². The number of carbonyl (C=O) groups excluding carboxylic acids is 1. The molecule has 0 spiro atoms. The molecule has 0 heterocycles. The molecule has 2 atom stereocenters. The van der Waals surface area contributed by atoms with Gasteiger partial charge in [0.15, 0.2) is 0 Å². The monoisotopic (exact) mass is 300 g/mol. The van der Waals surface area contributed by atoms with Crippen molar-refractivity contribution in [3.8, 4) is 0 Å². The first kappa shape index (κ1) is 17.8. The van der Waals surface area contributed by atoms with Crippen LogP contribution in [0.15, 0.2) is 0 Å². The van der Waals surface area contributed by atoms with Gasteiger partial charge < -0.3 is 11.1 Å². The SMILES string of the molecule is CCCCCSCCC1CCCC1(NCCC)C(N)=O. The van der Waals surface area contributed by atoms with Gasteiger partial charge in [-0.25, -0.2) is 0 Å². The Kier molecular flexibility index (Phi) is 8.62. The second-order valence-electron chi connectivity index (χ2n) is 5.96. The molecule has 0 saturated heterocycles. The number of nitrogens with one attached hydrogen (secondary N) is 1. The molecule has 1 rings (SSSR count). The lowest BCUT2D eigenvalue weighted by Crippen LogP contribution is -2.58. The van der Waals surface area contributed by atoms with Gasteiger partial charge in [0.2, 0.25) is 5.91 Å². The molecule has 0 aromatic heterocycles. The number of amides is 1. The van der Waals surface area contributed by atoms with E-state index in [-0.39, 0.29) is 5.91 Å². The van der Waals surface area contributed by atoms with Crippen molar-refractivity contribution in [1.82, 2.24) is 5.32 Å². The molecule has 0 aliphatic heterocycles. The summed E-state index contributed by atoms with van der Waals surface area (Å²) in [4.78, 5) is 12.0. The van der Waals surface area contributed by atoms with Gasteiger partial charge in [0, 0.05) is 0 Å². The van der Waals surface area contributed by atoms with Gasteiger partial charge in [0.1, 0.15) is 5.54 Å². The molecule has 0 radical (unpaired) electrons. The standard InChI is InChI=1S/C16H32N2OS/c1-3-5-6-12-20-13-9-14-8-7-10-16(14,15(17)19)18-11-4-2/h14,18H,3-13H2,1-2H3,(H2,17,19). The minimum atomic E-state index is -0.417. The molecule has 2 unspecified atom stereocenters. The van der Waals surface area contributed by atoms with E-state index in [1.54, 1.807) is 0 Å². The lowest BCUT2D eigenvalue weighted by atomic mass is 9.84. The zero-order valence-corrected chi connectivity index (χ0v) is 14.1. The molecule has 1 saturated carbocycles. The minimum absolute atomic E-state index is 0.135. The van der Waals surface area contributed by atoms with Crippen LogP contribution >= 0.6 is 11.8 Å². The van der Waals surface area contributed by atoms with Gasteiger partial charge in [-0.3, -0.25) is 4.79 Å². The average molecular weight is 301 g/mol. The van der Waals surface area contributed by atoms with Gasteiger partial charge in [0.05, 0.1) is 0 Å². The van der Waals surface area contributed by atoms with Crippen molar-refractivity contribution in [3.05, 3.63) is 0 Å². The van der Waals surface area contributed by atoms with Crippen LogP contribution in [0.2, 0.25) is 0 Å². The van der Waals surface area contributed by atoms with Crippen LogP contribution in [0.5, 0.6) is 0 Å². The summed E-state index contributed by atoms with van der Waals surface area (Å²) in [6.45, 7) is 5.27. The highest BCUT2D eigenvalue weighted by Crippen LogP contribution is 2.38. The van der Waals surface area contributed by atoms with E-state index in [0.717, 1.165) is 44.4 Å². The Hall–Kier alpha value is -0.220. The maximum Gasteiger partial charge on any atom is 0.238 e. The van der Waals surface area contributed by atoms with Crippen LogP contribution in [-0.2, 0) is 4.79 Å². The van der Waals surface area contributed by atoms with Crippen molar-refractivity contribution < 1.29 is 4.79 Å². The number of carbonyl (C=O) groups is 1. The summed E-state index contributed by atoms with van der Waals surface area (Å²) in [5.74, 6) is 2.72. The Labute approximate surface area is 128 Å². The largest absolute Gasteiger partial charge is 0.368 e. The van der Waals surface area contributed by atoms with Gasteiger partial charge in [0.25, 0.3) is 0 Å². The first-order valence-corrected chi connectivity index (χ1v) is 9.45. The molecule has 0 aromatic carbocycles. The lowest BCUT2D eigenvalue weighted by molar-refractivity contribution is -0.126. The van der Waals surface area contributed by atoms with E-state index in [1.165, 1.54) is 25.0 Å². The maximum absolute atomic E-state index is 12.0. The third kappa shape index (κ3) is 4.96. The van der Waals surface area contributed by atoms with Gasteiger partial charge in [-0.15, -0.1) is 0 Å². The number of rotatable bonds is 11. The summed E-state index contributed by atoms with van der Waals surface area (Å²) in [6.07, 6.45) is 9.31. The van der Waals surface area contributed by atoms with Crippen LogP contribution in [0, 0.1) is 5.92 Å². The number of hydrogen-bond acceptors (Lipinski definition) is 3. The predicted octanol–water partition coefficient (Wildman–Crippen LogP) is 3.32. The molecule has 1 amide bonds. The summed E-state index contributed by atoms with van der Waals surface area (Å²) in [5.41, 5.74) is 5.31. The van der Waals surface area contributed by atoms with Crippen molar-refractivity contribution in [3.63, 3.8) is 0 Å². The van der Waals surface area contributed by atoms with E-state index in [0.29, 0.717) is 5.92 Å². The number of thioether (sulfide) groups is 1.